The van der Waals surface area contributed by atoms with E-state index in [1.165, 1.54) is 22.9 Å². The summed E-state index contributed by atoms with van der Waals surface area (Å²) in [6.07, 6.45) is -5.09. The number of hydrogen-bond acceptors (Lipinski definition) is 14. The number of aliphatic imine (C=N–C) groups is 2. The van der Waals surface area contributed by atoms with Gasteiger partial charge in [-0.25, -0.2) is 18.0 Å². The van der Waals surface area contributed by atoms with Crippen molar-refractivity contribution in [1.82, 2.24) is 4.90 Å². The highest BCUT2D eigenvalue weighted by Gasteiger charge is 2.55. The molecule has 7 atom stereocenters. The Bertz CT molecular complexity index is 1070. The van der Waals surface area contributed by atoms with E-state index in [1.807, 2.05) is 0 Å². The number of nitrogens with zero attached hydrogens (tertiary/aromatic N) is 4. The van der Waals surface area contributed by atoms with Crippen molar-refractivity contribution in [3.63, 3.8) is 0 Å². The van der Waals surface area contributed by atoms with Crippen LogP contribution in [0.2, 0.25) is 0 Å². The molecule has 0 radical (unpaired) electrons. The maximum Gasteiger partial charge on any atom is 0.487 e. The average Bonchev–Trinajstić information content (AvgIpc) is 3.07. The number of carbonyl (C=O) groups excluding carboxylic acids is 1. The molecular weight excluding hydrogens is 519 g/mol. The number of guanidine groups is 1. The molecule has 22 heteroatoms. The van der Waals surface area contributed by atoms with Gasteiger partial charge in [0, 0.05) is 0 Å². The number of aliphatic hydroxyl groups excluding tert-OH is 2. The lowest BCUT2D eigenvalue weighted by atomic mass is 10.1. The van der Waals surface area contributed by atoms with Crippen molar-refractivity contribution in [2.75, 3.05) is 13.7 Å². The van der Waals surface area contributed by atoms with Gasteiger partial charge < -0.3 is 44.8 Å². The summed E-state index contributed by atoms with van der Waals surface area (Å²) < 4.78 is 51.8. The number of aliphatic hydroxyl groups is 2. The summed E-state index contributed by atoms with van der Waals surface area (Å²) in [5, 5.41) is 20.6. The Balaban J connectivity index is 1.68. The first kappa shape index (κ1) is 26.2. The van der Waals surface area contributed by atoms with Crippen LogP contribution in [0.15, 0.2) is 9.98 Å². The molecule has 1 saturated heterocycles. The number of amidine groups is 1. The van der Waals surface area contributed by atoms with E-state index in [0.29, 0.717) is 0 Å². The molecule has 33 heavy (non-hydrogen) atoms. The fraction of sp³-hybridized carbons (Fsp3) is 0.636. The quantitative estimate of drug-likeness (QED) is 0.126. The number of hydrogen-bond donors (Lipinski definition) is 6. The van der Waals surface area contributed by atoms with Crippen molar-refractivity contribution >= 4 is 47.5 Å². The van der Waals surface area contributed by atoms with Crippen LogP contribution < -0.4 is 10.6 Å². The van der Waals surface area contributed by atoms with Crippen LogP contribution in [-0.2, 0) is 36.4 Å². The Hall–Kier alpha value is -1.43. The fourth-order valence-corrected chi connectivity index (χ4v) is 6.11. The number of rotatable bonds is 8. The summed E-state index contributed by atoms with van der Waals surface area (Å²) >= 11 is 0. The van der Waals surface area contributed by atoms with Gasteiger partial charge in [0.05, 0.1) is 13.7 Å². The number of likely N-dealkylation sites (N-methyl/N-ethyl adjacent to an activating group) is 1. The van der Waals surface area contributed by atoms with Gasteiger partial charge in [-0.1, -0.05) is 0 Å². The van der Waals surface area contributed by atoms with Crippen LogP contribution in [-0.4, -0.2) is 103 Å². The summed E-state index contributed by atoms with van der Waals surface area (Å²) in [5.41, 5.74) is 5.49. The minimum atomic E-state index is -5.79. The largest absolute Gasteiger partial charge is 0.756 e. The number of ether oxygens (including phenoxy) is 1. The number of amides is 1. The molecule has 0 spiro atoms. The van der Waals surface area contributed by atoms with E-state index in [0.717, 1.165) is 0 Å². The molecule has 0 aromatic carbocycles. The first-order valence-corrected chi connectivity index (χ1v) is 13.1. The Morgan fingerprint density at radius 3 is 2.45 bits per heavy atom. The Morgan fingerprint density at radius 1 is 1.21 bits per heavy atom. The monoisotopic (exact) mass is 537 g/mol. The van der Waals surface area contributed by atoms with Gasteiger partial charge >= 0.3 is 21.6 Å². The predicted octanol–water partition coefficient (Wildman–Crippen LogP) is -4.25. The maximum absolute atomic E-state index is 12.1. The van der Waals surface area contributed by atoms with Crippen LogP contribution in [0.1, 0.15) is 0 Å². The molecule has 1 amide bonds. The number of nitrogens with two attached hydrogens (primary N) is 1. The zero-order chi connectivity index (χ0) is 24.9. The van der Waals surface area contributed by atoms with Crippen LogP contribution in [0, 0.1) is 0 Å². The molecule has 0 aliphatic carbocycles. The first-order chi connectivity index (χ1) is 15.0. The number of phosphoric acid groups is 3. The van der Waals surface area contributed by atoms with Crippen molar-refractivity contribution in [2.45, 2.75) is 30.6 Å². The van der Waals surface area contributed by atoms with Crippen LogP contribution in [0.5, 0.6) is 0 Å². The molecule has 0 aromatic rings. The highest BCUT2D eigenvalue weighted by molar-refractivity contribution is 7.66. The van der Waals surface area contributed by atoms with E-state index in [-0.39, 0.29) is 11.8 Å². The molecule has 1 fully saturated rings. The van der Waals surface area contributed by atoms with Gasteiger partial charge in [-0.2, -0.15) is 19.2 Å². The summed E-state index contributed by atoms with van der Waals surface area (Å²) in [7, 11) is -15.6. The number of phosphoric ester groups is 1. The molecule has 3 unspecified atom stereocenters. The number of fused-ring (bicyclic) bond motifs is 1. The summed E-state index contributed by atoms with van der Waals surface area (Å²) in [4.78, 5) is 58.5. The predicted molar refractivity (Wildman–Crippen MR) is 100 cm³/mol. The lowest BCUT2D eigenvalue weighted by molar-refractivity contribution is -0.498. The third-order valence-electron chi connectivity index (χ3n) is 4.33. The van der Waals surface area contributed by atoms with Crippen LogP contribution in [0.4, 0.5) is 0 Å². The highest BCUT2D eigenvalue weighted by atomic mass is 31.3. The van der Waals surface area contributed by atoms with Crippen molar-refractivity contribution in [3.8, 4) is 0 Å². The maximum atomic E-state index is 12.1. The molecule has 3 aliphatic heterocycles. The van der Waals surface area contributed by atoms with Gasteiger partial charge in [-0.15, -0.1) is 0 Å². The zero-order valence-electron chi connectivity index (χ0n) is 16.3. The fourth-order valence-electron chi connectivity index (χ4n) is 3.12. The van der Waals surface area contributed by atoms with E-state index >= 15 is 0 Å². The number of carbonyl (C=O) groups is 1. The third kappa shape index (κ3) is 5.98. The normalized spacial score (nSPS) is 33.7. The topological polar surface area (TPSA) is 286 Å². The van der Waals surface area contributed by atoms with Crippen LogP contribution >= 0.6 is 23.5 Å². The van der Waals surface area contributed by atoms with Crippen LogP contribution in [0.25, 0.3) is 0 Å². The summed E-state index contributed by atoms with van der Waals surface area (Å²) in [5.74, 6) is -0.994. The van der Waals surface area contributed by atoms with E-state index in [2.05, 4.69) is 23.1 Å². The molecule has 3 aliphatic rings. The molecule has 0 saturated carbocycles. The second kappa shape index (κ2) is 8.98. The molecule has 19 nitrogen and oxygen atoms in total. The van der Waals surface area contributed by atoms with Gasteiger partial charge in [0.15, 0.2) is 0 Å². The Kier molecular flexibility index (Phi) is 7.12. The van der Waals surface area contributed by atoms with Crippen molar-refractivity contribution < 1.29 is 70.7 Å². The van der Waals surface area contributed by atoms with E-state index < -0.39 is 66.6 Å². The molecule has 7 N–H and O–H groups in total. The second-order valence-electron chi connectivity index (χ2n) is 6.78. The molecule has 3 heterocycles. The third-order valence-corrected chi connectivity index (χ3v) is 8.10. The first-order valence-electron chi connectivity index (χ1n) is 8.60. The van der Waals surface area contributed by atoms with Gasteiger partial charge in [-0.3, -0.25) is 9.36 Å². The molecule has 3 rings (SSSR count). The zero-order valence-corrected chi connectivity index (χ0v) is 19.0. The molecule has 0 bridgehead atoms. The second-order valence-corrected chi connectivity index (χ2v) is 11.2. The van der Waals surface area contributed by atoms with Gasteiger partial charge in [0.1, 0.15) is 18.3 Å². The van der Waals surface area contributed by atoms with Crippen LogP contribution in [0.3, 0.4) is 0 Å². The average molecular weight is 537 g/mol. The Morgan fingerprint density at radius 2 is 1.85 bits per heavy atom. The summed E-state index contributed by atoms with van der Waals surface area (Å²) in [6.45, 7) is -1.06. The van der Waals surface area contributed by atoms with Gasteiger partial charge in [0.2, 0.25) is 18.5 Å². The minimum Gasteiger partial charge on any atom is -0.756 e. The Labute approximate surface area is 183 Å². The molecular formula is C11H18N5O14P3. The molecule has 186 valence electrons. The minimum absolute atomic E-state index is 0.0152. The van der Waals surface area contributed by atoms with Crippen molar-refractivity contribution in [2.24, 2.45) is 15.7 Å². The highest BCUT2D eigenvalue weighted by Crippen LogP contribution is 2.65. The van der Waals surface area contributed by atoms with Gasteiger partial charge in [0.25, 0.3) is 19.7 Å². The van der Waals surface area contributed by atoms with E-state index in [1.54, 1.807) is 0 Å². The standard InChI is InChI=1S/C11H18N5O14P3/c1-15-3-16(8-5(15)9(19)14-11(12)13-8)10-7(18)6(17)4(28-10)2-27-32(23,24)30-33(25,26)29-31(20,21)22/h3-7,10,17-18H,2H2,1H3,(H5-,12,14,19,20,21,22,23,24,25,26)/t4-,5?,6-,7-,10-/m1/s1. The van der Waals surface area contributed by atoms with Gasteiger partial charge in [-0.05, 0) is 0 Å². The smallest absolute Gasteiger partial charge is 0.487 e. The van der Waals surface area contributed by atoms with Crippen molar-refractivity contribution in [3.05, 3.63) is 0 Å². The summed E-state index contributed by atoms with van der Waals surface area (Å²) in [6, 6.07) is -0.983. The van der Waals surface area contributed by atoms with Crippen molar-refractivity contribution in [1.29, 1.82) is 0 Å². The lowest BCUT2D eigenvalue weighted by Gasteiger charge is -2.26. The lowest BCUT2D eigenvalue weighted by Crippen LogP contribution is -2.49. The molecule has 0 aromatic heterocycles. The van der Waals surface area contributed by atoms with E-state index in [4.69, 9.17) is 25.2 Å². The van der Waals surface area contributed by atoms with E-state index in [9.17, 15) is 33.6 Å². The SMILES string of the molecule is C[N+]1=CN([C@@H]2O[C@H](COP(=O)([O-])OP(=O)(O)OP(=O)(O)O)[C@@H](O)[C@H]2O)C2=NC(N)=NC(=O)C21.